The van der Waals surface area contributed by atoms with Crippen LogP contribution in [0.4, 0.5) is 5.13 Å². The second-order valence-electron chi connectivity index (χ2n) is 7.46. The molecule has 2 atom stereocenters. The minimum atomic E-state index is -0.307. The van der Waals surface area contributed by atoms with Crippen molar-refractivity contribution in [3.63, 3.8) is 0 Å². The smallest absolute Gasteiger partial charge is 0.184 e. The number of thiazole rings is 1. The minimum Gasteiger partial charge on any atom is -0.391 e. The van der Waals surface area contributed by atoms with Crippen LogP contribution in [0.25, 0.3) is 21.4 Å². The summed E-state index contributed by atoms with van der Waals surface area (Å²) in [6.45, 7) is 0. The molecule has 29 heavy (non-hydrogen) atoms. The Morgan fingerprint density at radius 2 is 2.17 bits per heavy atom. The number of benzene rings is 1. The van der Waals surface area contributed by atoms with Gasteiger partial charge in [0.2, 0.25) is 0 Å². The van der Waals surface area contributed by atoms with Crippen LogP contribution in [0, 0.1) is 11.3 Å². The first-order valence-electron chi connectivity index (χ1n) is 9.76. The highest BCUT2D eigenvalue weighted by molar-refractivity contribution is 7.22. The van der Waals surface area contributed by atoms with Crippen molar-refractivity contribution in [1.82, 2.24) is 19.9 Å². The average molecular weight is 404 g/mol. The van der Waals surface area contributed by atoms with E-state index in [1.54, 1.807) is 23.9 Å². The average Bonchev–Trinajstić information content (AvgIpc) is 3.36. The molecule has 1 aliphatic carbocycles. The fourth-order valence-corrected chi connectivity index (χ4v) is 4.99. The number of nitrogens with zero attached hydrogens (tertiary/aromatic N) is 4. The van der Waals surface area contributed by atoms with Crippen LogP contribution in [0.3, 0.4) is 0 Å². The van der Waals surface area contributed by atoms with Crippen molar-refractivity contribution in [2.24, 2.45) is 0 Å². The van der Waals surface area contributed by atoms with Gasteiger partial charge in [-0.3, -0.25) is 0 Å². The van der Waals surface area contributed by atoms with Crippen molar-refractivity contribution in [3.8, 4) is 6.07 Å². The van der Waals surface area contributed by atoms with E-state index in [9.17, 15) is 10.4 Å². The van der Waals surface area contributed by atoms with Gasteiger partial charge >= 0.3 is 0 Å². The molecule has 7 nitrogen and oxygen atoms in total. The van der Waals surface area contributed by atoms with Crippen LogP contribution < -0.4 is 5.32 Å². The molecular formula is C21H20N6OS. The SMILES string of the molecule is N#Cc1cnc2[nH]cnc2c1Cc1ccc2nc(N[C@@H]3CCCC[C@H]3O)sc2c1. The summed E-state index contributed by atoms with van der Waals surface area (Å²) in [5, 5.41) is 24.0. The van der Waals surface area contributed by atoms with E-state index in [0.29, 0.717) is 17.6 Å². The van der Waals surface area contributed by atoms with Gasteiger partial charge in [-0.2, -0.15) is 5.26 Å². The molecule has 0 unspecified atom stereocenters. The van der Waals surface area contributed by atoms with Crippen molar-refractivity contribution >= 4 is 37.8 Å². The quantitative estimate of drug-likeness (QED) is 0.478. The molecule has 4 aromatic rings. The van der Waals surface area contributed by atoms with Crippen LogP contribution >= 0.6 is 11.3 Å². The lowest BCUT2D eigenvalue weighted by Crippen LogP contribution is -2.36. The predicted octanol–water partition coefficient (Wildman–Crippen LogP) is 3.75. The van der Waals surface area contributed by atoms with E-state index in [1.807, 2.05) is 12.1 Å². The second kappa shape index (κ2) is 7.43. The van der Waals surface area contributed by atoms with E-state index in [0.717, 1.165) is 57.7 Å². The number of imidazole rings is 1. The molecule has 8 heteroatoms. The third kappa shape index (κ3) is 3.43. The number of hydrogen-bond donors (Lipinski definition) is 3. The van der Waals surface area contributed by atoms with Crippen LogP contribution in [0.5, 0.6) is 0 Å². The number of aromatic amines is 1. The minimum absolute atomic E-state index is 0.0757. The highest BCUT2D eigenvalue weighted by Crippen LogP contribution is 2.31. The number of anilines is 1. The zero-order valence-corrected chi connectivity index (χ0v) is 16.5. The zero-order chi connectivity index (χ0) is 19.8. The zero-order valence-electron chi connectivity index (χ0n) is 15.7. The summed E-state index contributed by atoms with van der Waals surface area (Å²) < 4.78 is 1.08. The van der Waals surface area contributed by atoms with E-state index in [2.05, 4.69) is 37.4 Å². The monoisotopic (exact) mass is 404 g/mol. The number of H-pyrrole nitrogens is 1. The standard InChI is InChI=1S/C21H20N6OS/c22-9-13-10-23-20-19(24-11-25-20)14(13)7-12-5-6-16-18(8-12)29-21(27-16)26-15-3-1-2-4-17(15)28/h5-6,8,10-11,15,17,28H,1-4,7H2,(H,26,27)(H,23,24,25)/t15-,17-/m1/s1. The van der Waals surface area contributed by atoms with E-state index in [4.69, 9.17) is 0 Å². The molecule has 1 saturated carbocycles. The number of aliphatic hydroxyl groups excluding tert-OH is 1. The maximum Gasteiger partial charge on any atom is 0.184 e. The third-order valence-electron chi connectivity index (χ3n) is 5.55. The molecule has 3 N–H and O–H groups in total. The van der Waals surface area contributed by atoms with Crippen molar-refractivity contribution in [2.75, 3.05) is 5.32 Å². The number of fused-ring (bicyclic) bond motifs is 2. The Morgan fingerprint density at radius 1 is 1.28 bits per heavy atom. The number of rotatable bonds is 4. The predicted molar refractivity (Wildman–Crippen MR) is 113 cm³/mol. The van der Waals surface area contributed by atoms with E-state index in [-0.39, 0.29) is 12.1 Å². The van der Waals surface area contributed by atoms with E-state index < -0.39 is 0 Å². The summed E-state index contributed by atoms with van der Waals surface area (Å²) in [5.74, 6) is 0. The maximum absolute atomic E-state index is 10.2. The Balaban J connectivity index is 1.44. The largest absolute Gasteiger partial charge is 0.391 e. The van der Waals surface area contributed by atoms with Gasteiger partial charge in [0, 0.05) is 18.2 Å². The molecule has 3 heterocycles. The number of nitrogens with one attached hydrogen (secondary N) is 2. The Morgan fingerprint density at radius 3 is 3.03 bits per heavy atom. The summed E-state index contributed by atoms with van der Waals surface area (Å²) in [5.41, 5.74) is 4.88. The van der Waals surface area contributed by atoms with Crippen LogP contribution in [0.2, 0.25) is 0 Å². The molecule has 0 aliphatic heterocycles. The van der Waals surface area contributed by atoms with Gasteiger partial charge in [0.15, 0.2) is 10.8 Å². The van der Waals surface area contributed by atoms with Crippen molar-refractivity contribution in [2.45, 2.75) is 44.2 Å². The Hall–Kier alpha value is -3.02. The van der Waals surface area contributed by atoms with Crippen molar-refractivity contribution in [1.29, 1.82) is 5.26 Å². The summed E-state index contributed by atoms with van der Waals surface area (Å²) in [4.78, 5) is 16.3. The van der Waals surface area contributed by atoms with Gasteiger partial charge < -0.3 is 15.4 Å². The lowest BCUT2D eigenvalue weighted by molar-refractivity contribution is 0.116. The molecule has 3 aromatic heterocycles. The van der Waals surface area contributed by atoms with Crippen LogP contribution in [0.1, 0.15) is 42.4 Å². The first-order chi connectivity index (χ1) is 14.2. The van der Waals surface area contributed by atoms with E-state index in [1.165, 1.54) is 0 Å². The number of nitriles is 1. The molecule has 0 spiro atoms. The molecule has 1 aliphatic rings. The number of aromatic nitrogens is 4. The number of hydrogen-bond acceptors (Lipinski definition) is 7. The third-order valence-corrected chi connectivity index (χ3v) is 6.49. The molecular weight excluding hydrogens is 384 g/mol. The van der Waals surface area contributed by atoms with Crippen LogP contribution in [-0.2, 0) is 6.42 Å². The van der Waals surface area contributed by atoms with Crippen LogP contribution in [0.15, 0.2) is 30.7 Å². The second-order valence-corrected chi connectivity index (χ2v) is 8.49. The van der Waals surface area contributed by atoms with Gasteiger partial charge in [-0.15, -0.1) is 0 Å². The van der Waals surface area contributed by atoms with Crippen molar-refractivity contribution < 1.29 is 5.11 Å². The van der Waals surface area contributed by atoms with Gasteiger partial charge in [-0.1, -0.05) is 30.2 Å². The fraction of sp³-hybridized carbons (Fsp3) is 0.333. The first kappa shape index (κ1) is 18.0. The highest BCUT2D eigenvalue weighted by Gasteiger charge is 2.23. The van der Waals surface area contributed by atoms with E-state index >= 15 is 0 Å². The Labute approximate surface area is 171 Å². The maximum atomic E-state index is 10.2. The van der Waals surface area contributed by atoms with Crippen molar-refractivity contribution in [3.05, 3.63) is 47.4 Å². The molecule has 146 valence electrons. The Kier molecular flexibility index (Phi) is 4.62. The lowest BCUT2D eigenvalue weighted by atomic mass is 9.93. The van der Waals surface area contributed by atoms with Crippen LogP contribution in [-0.4, -0.2) is 37.2 Å². The first-order valence-corrected chi connectivity index (χ1v) is 10.6. The highest BCUT2D eigenvalue weighted by atomic mass is 32.1. The molecule has 5 rings (SSSR count). The molecule has 0 bridgehead atoms. The van der Waals surface area contributed by atoms with Gasteiger partial charge in [-0.05, 0) is 30.5 Å². The summed E-state index contributed by atoms with van der Waals surface area (Å²) in [6, 6.07) is 8.48. The van der Waals surface area contributed by atoms with Gasteiger partial charge in [0.05, 0.1) is 34.3 Å². The van der Waals surface area contributed by atoms with Gasteiger partial charge in [0.1, 0.15) is 11.6 Å². The number of pyridine rings is 1. The summed E-state index contributed by atoms with van der Waals surface area (Å²) >= 11 is 1.60. The fourth-order valence-electron chi connectivity index (χ4n) is 4.00. The Bertz CT molecular complexity index is 1220. The molecule has 1 fully saturated rings. The topological polar surface area (TPSA) is 111 Å². The van der Waals surface area contributed by atoms with Gasteiger partial charge in [0.25, 0.3) is 0 Å². The summed E-state index contributed by atoms with van der Waals surface area (Å²) in [7, 11) is 0. The number of aliphatic hydroxyl groups is 1. The molecule has 0 saturated heterocycles. The van der Waals surface area contributed by atoms with Gasteiger partial charge in [-0.25, -0.2) is 15.0 Å². The molecule has 0 amide bonds. The molecule has 1 aromatic carbocycles. The normalized spacial score (nSPS) is 19.4. The molecule has 0 radical (unpaired) electrons. The summed E-state index contributed by atoms with van der Waals surface area (Å²) in [6.07, 6.45) is 7.54. The lowest BCUT2D eigenvalue weighted by Gasteiger charge is -2.27.